The van der Waals surface area contributed by atoms with Crippen molar-refractivity contribution in [3.8, 4) is 12.3 Å². The Morgan fingerprint density at radius 3 is 3.17 bits per heavy atom. The van der Waals surface area contributed by atoms with Gasteiger partial charge in [0.05, 0.1) is 12.6 Å². The first-order valence-electron chi connectivity index (χ1n) is 4.04. The molecule has 0 radical (unpaired) electrons. The molecule has 12 heavy (non-hydrogen) atoms. The SMILES string of the molecule is C#CC(CC)NCc1ncc[nH]1. The highest BCUT2D eigenvalue weighted by molar-refractivity contribution is 4.99. The second kappa shape index (κ2) is 4.58. The van der Waals surface area contributed by atoms with Crippen LogP contribution in [-0.2, 0) is 6.54 Å². The molecule has 1 rings (SSSR count). The molecule has 1 heterocycles. The van der Waals surface area contributed by atoms with E-state index >= 15 is 0 Å². The van der Waals surface area contributed by atoms with E-state index < -0.39 is 0 Å². The van der Waals surface area contributed by atoms with Gasteiger partial charge in [-0.3, -0.25) is 5.32 Å². The molecule has 1 unspecified atom stereocenters. The Morgan fingerprint density at radius 2 is 2.67 bits per heavy atom. The van der Waals surface area contributed by atoms with E-state index in [9.17, 15) is 0 Å². The van der Waals surface area contributed by atoms with Gasteiger partial charge in [-0.15, -0.1) is 6.42 Å². The predicted octanol–water partition coefficient (Wildman–Crippen LogP) is 0.911. The third kappa shape index (κ3) is 2.40. The number of aromatic nitrogens is 2. The standard InChI is InChI=1S/C9H13N3/c1-3-8(4-2)12-7-9-10-5-6-11-9/h1,5-6,8,12H,4,7H2,2H3,(H,10,11). The van der Waals surface area contributed by atoms with Gasteiger partial charge in [0.25, 0.3) is 0 Å². The Bertz CT molecular complexity index is 245. The molecule has 0 aliphatic heterocycles. The van der Waals surface area contributed by atoms with Crippen molar-refractivity contribution in [3.05, 3.63) is 18.2 Å². The zero-order valence-corrected chi connectivity index (χ0v) is 7.17. The number of rotatable bonds is 4. The summed E-state index contributed by atoms with van der Waals surface area (Å²) >= 11 is 0. The summed E-state index contributed by atoms with van der Waals surface area (Å²) in [6.45, 7) is 2.76. The Hall–Kier alpha value is -1.27. The van der Waals surface area contributed by atoms with Crippen molar-refractivity contribution in [2.24, 2.45) is 0 Å². The minimum atomic E-state index is 0.148. The molecule has 0 saturated carbocycles. The molecule has 1 aromatic rings. The molecule has 2 N–H and O–H groups in total. The van der Waals surface area contributed by atoms with E-state index in [1.165, 1.54) is 0 Å². The second-order valence-corrected chi connectivity index (χ2v) is 2.54. The van der Waals surface area contributed by atoms with Gasteiger partial charge in [0.1, 0.15) is 5.82 Å². The number of hydrogen-bond donors (Lipinski definition) is 2. The molecule has 0 aliphatic carbocycles. The zero-order valence-electron chi connectivity index (χ0n) is 7.17. The van der Waals surface area contributed by atoms with Gasteiger partial charge in [0.2, 0.25) is 0 Å². The van der Waals surface area contributed by atoms with Crippen LogP contribution < -0.4 is 5.32 Å². The zero-order chi connectivity index (χ0) is 8.81. The Balaban J connectivity index is 2.31. The second-order valence-electron chi connectivity index (χ2n) is 2.54. The van der Waals surface area contributed by atoms with Crippen molar-refractivity contribution < 1.29 is 0 Å². The fourth-order valence-corrected chi connectivity index (χ4v) is 0.936. The van der Waals surface area contributed by atoms with E-state index in [1.807, 2.05) is 0 Å². The third-order valence-electron chi connectivity index (χ3n) is 1.68. The van der Waals surface area contributed by atoms with Gasteiger partial charge in [-0.05, 0) is 6.42 Å². The summed E-state index contributed by atoms with van der Waals surface area (Å²) in [5, 5.41) is 3.19. The molecule has 0 aliphatic rings. The van der Waals surface area contributed by atoms with Crippen LogP contribution in [0.2, 0.25) is 0 Å². The lowest BCUT2D eigenvalue weighted by molar-refractivity contribution is 0.579. The number of nitrogens with zero attached hydrogens (tertiary/aromatic N) is 1. The van der Waals surface area contributed by atoms with Crippen molar-refractivity contribution in [2.75, 3.05) is 0 Å². The largest absolute Gasteiger partial charge is 0.348 e. The van der Waals surface area contributed by atoms with Crippen LogP contribution in [0.15, 0.2) is 12.4 Å². The van der Waals surface area contributed by atoms with E-state index in [2.05, 4.69) is 28.1 Å². The molecule has 1 aromatic heterocycles. The molecule has 0 amide bonds. The van der Waals surface area contributed by atoms with Crippen LogP contribution in [0.1, 0.15) is 19.2 Å². The smallest absolute Gasteiger partial charge is 0.120 e. The highest BCUT2D eigenvalue weighted by atomic mass is 15.0. The summed E-state index contributed by atoms with van der Waals surface area (Å²) in [4.78, 5) is 7.07. The van der Waals surface area contributed by atoms with Gasteiger partial charge in [-0.2, -0.15) is 0 Å². The Morgan fingerprint density at radius 1 is 1.83 bits per heavy atom. The van der Waals surface area contributed by atoms with Gasteiger partial charge < -0.3 is 4.98 Å². The third-order valence-corrected chi connectivity index (χ3v) is 1.68. The fraction of sp³-hybridized carbons (Fsp3) is 0.444. The maximum atomic E-state index is 5.28. The number of aromatic amines is 1. The van der Waals surface area contributed by atoms with E-state index in [4.69, 9.17) is 6.42 Å². The molecular weight excluding hydrogens is 150 g/mol. The summed E-state index contributed by atoms with van der Waals surface area (Å²) in [7, 11) is 0. The number of imidazole rings is 1. The van der Waals surface area contributed by atoms with E-state index in [0.717, 1.165) is 12.2 Å². The van der Waals surface area contributed by atoms with Crippen LogP contribution >= 0.6 is 0 Å². The molecule has 0 spiro atoms. The summed E-state index contributed by atoms with van der Waals surface area (Å²) in [6.07, 6.45) is 9.75. The van der Waals surface area contributed by atoms with Crippen molar-refractivity contribution in [1.82, 2.24) is 15.3 Å². The van der Waals surface area contributed by atoms with E-state index in [-0.39, 0.29) is 6.04 Å². The first-order valence-corrected chi connectivity index (χ1v) is 4.04. The topological polar surface area (TPSA) is 40.7 Å². The van der Waals surface area contributed by atoms with Crippen LogP contribution in [0.4, 0.5) is 0 Å². The van der Waals surface area contributed by atoms with E-state index in [1.54, 1.807) is 12.4 Å². The number of hydrogen-bond acceptors (Lipinski definition) is 2. The number of terminal acetylenes is 1. The molecule has 0 saturated heterocycles. The van der Waals surface area contributed by atoms with Gasteiger partial charge in [0, 0.05) is 12.4 Å². The first-order chi connectivity index (χ1) is 5.86. The maximum Gasteiger partial charge on any atom is 0.120 e. The highest BCUT2D eigenvalue weighted by Gasteiger charge is 2.00. The first kappa shape index (κ1) is 8.82. The molecule has 0 aromatic carbocycles. The average Bonchev–Trinajstić information content (AvgIpc) is 2.59. The quantitative estimate of drug-likeness (QED) is 0.648. The molecular formula is C9H13N3. The molecule has 0 fully saturated rings. The summed E-state index contributed by atoms with van der Waals surface area (Å²) in [5.41, 5.74) is 0. The molecule has 3 nitrogen and oxygen atoms in total. The lowest BCUT2D eigenvalue weighted by Gasteiger charge is -2.07. The molecule has 0 bridgehead atoms. The van der Waals surface area contributed by atoms with Gasteiger partial charge >= 0.3 is 0 Å². The Labute approximate surface area is 72.6 Å². The fourth-order valence-electron chi connectivity index (χ4n) is 0.936. The molecule has 64 valence electrons. The van der Waals surface area contributed by atoms with Crippen molar-refractivity contribution >= 4 is 0 Å². The minimum Gasteiger partial charge on any atom is -0.348 e. The van der Waals surface area contributed by atoms with Crippen molar-refractivity contribution in [1.29, 1.82) is 0 Å². The van der Waals surface area contributed by atoms with Crippen LogP contribution in [0.3, 0.4) is 0 Å². The summed E-state index contributed by atoms with van der Waals surface area (Å²) in [5.74, 6) is 3.58. The summed E-state index contributed by atoms with van der Waals surface area (Å²) < 4.78 is 0. The van der Waals surface area contributed by atoms with Crippen LogP contribution in [0.5, 0.6) is 0 Å². The average molecular weight is 163 g/mol. The van der Waals surface area contributed by atoms with Crippen LogP contribution in [0.25, 0.3) is 0 Å². The maximum absolute atomic E-state index is 5.28. The minimum absolute atomic E-state index is 0.148. The summed E-state index contributed by atoms with van der Waals surface area (Å²) in [6, 6.07) is 0.148. The van der Waals surface area contributed by atoms with Crippen molar-refractivity contribution in [3.63, 3.8) is 0 Å². The molecule has 3 heteroatoms. The Kier molecular flexibility index (Phi) is 3.36. The van der Waals surface area contributed by atoms with Gasteiger partial charge in [-0.1, -0.05) is 12.8 Å². The molecule has 1 atom stereocenters. The predicted molar refractivity (Wildman–Crippen MR) is 48.3 cm³/mol. The monoisotopic (exact) mass is 163 g/mol. The lowest BCUT2D eigenvalue weighted by atomic mass is 10.2. The van der Waals surface area contributed by atoms with Crippen LogP contribution in [0, 0.1) is 12.3 Å². The number of H-pyrrole nitrogens is 1. The highest BCUT2D eigenvalue weighted by Crippen LogP contribution is 1.92. The lowest BCUT2D eigenvalue weighted by Crippen LogP contribution is -2.26. The van der Waals surface area contributed by atoms with Gasteiger partial charge in [-0.25, -0.2) is 4.98 Å². The number of nitrogens with one attached hydrogen (secondary N) is 2. The van der Waals surface area contributed by atoms with E-state index in [0.29, 0.717) is 6.54 Å². The van der Waals surface area contributed by atoms with Crippen LogP contribution in [-0.4, -0.2) is 16.0 Å². The normalized spacial score (nSPS) is 12.3. The van der Waals surface area contributed by atoms with Gasteiger partial charge in [0.15, 0.2) is 0 Å². The van der Waals surface area contributed by atoms with Crippen molar-refractivity contribution in [2.45, 2.75) is 25.9 Å².